The van der Waals surface area contributed by atoms with Crippen LogP contribution < -0.4 is 4.74 Å². The molecule has 446 valence electrons. The first-order chi connectivity index (χ1) is 37.6. The number of aliphatic hydroxyl groups excluding tert-OH is 2. The van der Waals surface area contributed by atoms with Crippen LogP contribution >= 0.6 is 0 Å². The summed E-state index contributed by atoms with van der Waals surface area (Å²) in [6.45, 7) is 15.4. The van der Waals surface area contributed by atoms with E-state index in [4.69, 9.17) is 56.8 Å². The lowest BCUT2D eigenvalue weighted by atomic mass is 9.82. The Hall–Kier alpha value is -4.32. The van der Waals surface area contributed by atoms with Crippen LogP contribution in [0.25, 0.3) is 0 Å². The van der Waals surface area contributed by atoms with Crippen molar-refractivity contribution in [3.8, 4) is 5.75 Å². The molecule has 5 rings (SSSR count). The molecule has 3 heterocycles. The Morgan fingerprint density at radius 1 is 0.861 bits per heavy atom. The summed E-state index contributed by atoms with van der Waals surface area (Å²) in [4.78, 5) is 56.3. The minimum atomic E-state index is -1.42. The van der Waals surface area contributed by atoms with Crippen LogP contribution in [0.3, 0.4) is 0 Å². The van der Waals surface area contributed by atoms with E-state index < -0.39 is 134 Å². The van der Waals surface area contributed by atoms with Crippen molar-refractivity contribution < 1.29 is 86.2 Å². The van der Waals surface area contributed by atoms with Gasteiger partial charge in [-0.15, -0.1) is 0 Å². The Morgan fingerprint density at radius 3 is 2.18 bits per heavy atom. The maximum absolute atomic E-state index is 14.1. The van der Waals surface area contributed by atoms with Crippen LogP contribution in [0, 0.1) is 11.8 Å². The standard InChI is InChI=1S/C59H92N2O18/c1-14-47(64)75-46-32-49(66)72-37(4)27-29-61(28-21-25-42-24-19-20-26-45(42)71-35-41-22-17-16-18-23-41)34-44(63)36(3)30-43(31-50(68-11)69-12)55(56(46)70-13)78-58-53(67)52(60(9)10)54(38(5)74-58)77-51-33-59(8,79-40(7)62)57(39(6)73-51)76-48(65)15-2/h16-20,22-24,26,36-39,43-44,46,50-58,63,67H,14-15,21,25,27-35H2,1-13H3/t36-,37-,38-,39+,43-,44+,46-,51+,52-,53-,54-,55+,56+,57+,58+,59-/m1/s1. The van der Waals surface area contributed by atoms with Crippen molar-refractivity contribution >= 4 is 23.9 Å². The molecule has 0 aromatic heterocycles. The fourth-order valence-electron chi connectivity index (χ4n) is 11.1. The van der Waals surface area contributed by atoms with Crippen LogP contribution in [-0.2, 0) is 84.3 Å². The number of carbonyl (C=O) groups is 4. The number of benzene rings is 2. The summed E-state index contributed by atoms with van der Waals surface area (Å²) in [6, 6.07) is 17.2. The molecule has 0 saturated carbocycles. The number of cyclic esters (lactones) is 1. The van der Waals surface area contributed by atoms with Crippen molar-refractivity contribution in [1.29, 1.82) is 0 Å². The molecule has 2 aromatic rings. The van der Waals surface area contributed by atoms with Gasteiger partial charge < -0.3 is 76.9 Å². The Balaban J connectivity index is 1.46. The molecule has 0 aliphatic carbocycles. The fraction of sp³-hybridized carbons (Fsp3) is 0.729. The molecule has 3 fully saturated rings. The van der Waals surface area contributed by atoms with Crippen molar-refractivity contribution in [2.75, 3.05) is 55.1 Å². The van der Waals surface area contributed by atoms with Crippen LogP contribution in [0.15, 0.2) is 54.6 Å². The van der Waals surface area contributed by atoms with E-state index in [1.165, 1.54) is 28.3 Å². The summed E-state index contributed by atoms with van der Waals surface area (Å²) in [5.41, 5.74) is 0.814. The molecule has 3 saturated heterocycles. The molecule has 2 N–H and O–H groups in total. The average molecular weight is 1120 g/mol. The van der Waals surface area contributed by atoms with E-state index >= 15 is 0 Å². The Labute approximate surface area is 468 Å². The maximum Gasteiger partial charge on any atom is 0.309 e. The average Bonchev–Trinajstić information content (AvgIpc) is 3.46. The molecule has 0 spiro atoms. The van der Waals surface area contributed by atoms with Crippen LogP contribution in [0.5, 0.6) is 5.75 Å². The normalized spacial score (nSPS) is 32.6. The molecule has 16 atom stereocenters. The largest absolute Gasteiger partial charge is 0.489 e. The molecule has 0 radical (unpaired) electrons. The number of methoxy groups -OCH3 is 3. The first-order valence-electron chi connectivity index (χ1n) is 28.1. The van der Waals surface area contributed by atoms with E-state index in [0.29, 0.717) is 32.7 Å². The monoisotopic (exact) mass is 1120 g/mol. The van der Waals surface area contributed by atoms with Gasteiger partial charge >= 0.3 is 23.9 Å². The second-order valence-corrected chi connectivity index (χ2v) is 21.8. The molecule has 0 unspecified atom stereocenters. The van der Waals surface area contributed by atoms with Crippen LogP contribution in [0.1, 0.15) is 118 Å². The number of β-amino-alcohol motifs (C(OH)–C–C–N with tert-alkyl or cyclic N) is 1. The first kappa shape index (κ1) is 65.5. The lowest BCUT2D eigenvalue weighted by molar-refractivity contribution is -0.345. The summed E-state index contributed by atoms with van der Waals surface area (Å²) in [5.74, 6) is -2.48. The van der Waals surface area contributed by atoms with Gasteiger partial charge in [0, 0.05) is 67.0 Å². The van der Waals surface area contributed by atoms with Gasteiger partial charge in [-0.05, 0) is 103 Å². The van der Waals surface area contributed by atoms with E-state index in [9.17, 15) is 29.4 Å². The third-order valence-corrected chi connectivity index (χ3v) is 15.3. The van der Waals surface area contributed by atoms with Crippen molar-refractivity contribution in [2.24, 2.45) is 11.8 Å². The van der Waals surface area contributed by atoms with E-state index in [1.54, 1.807) is 53.6 Å². The minimum Gasteiger partial charge on any atom is -0.489 e. The van der Waals surface area contributed by atoms with Crippen LogP contribution in [0.2, 0.25) is 0 Å². The topological polar surface area (TPSA) is 226 Å². The maximum atomic E-state index is 14.1. The summed E-state index contributed by atoms with van der Waals surface area (Å²) in [5, 5.41) is 24.8. The third kappa shape index (κ3) is 19.1. The van der Waals surface area contributed by atoms with Gasteiger partial charge in [-0.3, -0.25) is 19.2 Å². The SMILES string of the molecule is CCC(=O)O[C@@H]1CC(=O)O[C@H](C)CCN(CCCc2ccccc2OCc2ccccc2)C[C@H](O)[C@H](C)C[C@H](CC(OC)OC)[C@H](O[C@@H]2O[C@H](C)[C@@H](O[C@H]3C[C@@](C)(OC(C)=O)[C@@H](OC(=O)CC)[C@H](C)O3)[C@H](N(C)C)[C@H]2O)[C@H]1OC. The van der Waals surface area contributed by atoms with Crippen molar-refractivity contribution in [1.82, 2.24) is 9.80 Å². The molecule has 0 amide bonds. The summed E-state index contributed by atoms with van der Waals surface area (Å²) in [6.07, 6.45) is -10.8. The molecule has 20 nitrogen and oxygen atoms in total. The van der Waals surface area contributed by atoms with Crippen LogP contribution in [-0.4, -0.2) is 191 Å². The number of aryl methyl sites for hydroxylation is 1. The molecule has 0 bridgehead atoms. The number of esters is 4. The number of carbonyl (C=O) groups excluding carboxylic acids is 4. The number of likely N-dealkylation sites (N-methyl/N-ethyl adjacent to an activating group) is 1. The van der Waals surface area contributed by atoms with E-state index in [2.05, 4.69) is 11.0 Å². The quantitative estimate of drug-likeness (QED) is 0.0765. The predicted octanol–water partition coefficient (Wildman–Crippen LogP) is 6.16. The van der Waals surface area contributed by atoms with Gasteiger partial charge in [0.2, 0.25) is 0 Å². The number of rotatable bonds is 22. The Kier molecular flexibility index (Phi) is 26.3. The van der Waals surface area contributed by atoms with Crippen molar-refractivity contribution in [3.05, 3.63) is 65.7 Å². The van der Waals surface area contributed by atoms with E-state index in [-0.39, 0.29) is 32.1 Å². The van der Waals surface area contributed by atoms with E-state index in [0.717, 1.165) is 29.7 Å². The van der Waals surface area contributed by atoms with Gasteiger partial charge in [0.15, 0.2) is 30.6 Å². The minimum absolute atomic E-state index is 0.00392. The predicted molar refractivity (Wildman–Crippen MR) is 290 cm³/mol. The number of para-hydroxylation sites is 1. The van der Waals surface area contributed by atoms with Gasteiger partial charge in [-0.25, -0.2) is 0 Å². The number of hydrogen-bond donors (Lipinski definition) is 2. The summed E-state index contributed by atoms with van der Waals surface area (Å²) >= 11 is 0. The highest BCUT2D eigenvalue weighted by molar-refractivity contribution is 5.73. The first-order valence-corrected chi connectivity index (χ1v) is 28.1. The van der Waals surface area contributed by atoms with Crippen molar-refractivity contribution in [3.63, 3.8) is 0 Å². The number of nitrogens with zero attached hydrogens (tertiary/aromatic N) is 2. The lowest BCUT2D eigenvalue weighted by Gasteiger charge is -2.51. The summed E-state index contributed by atoms with van der Waals surface area (Å²) < 4.78 is 74.5. The highest BCUT2D eigenvalue weighted by atomic mass is 16.7. The van der Waals surface area contributed by atoms with E-state index in [1.807, 2.05) is 62.4 Å². The Morgan fingerprint density at radius 2 is 1.53 bits per heavy atom. The van der Waals surface area contributed by atoms with Gasteiger partial charge in [-0.1, -0.05) is 69.3 Å². The second-order valence-electron chi connectivity index (χ2n) is 21.8. The van der Waals surface area contributed by atoms with Crippen LogP contribution in [0.4, 0.5) is 0 Å². The zero-order valence-electron chi connectivity index (χ0n) is 48.9. The van der Waals surface area contributed by atoms with Gasteiger partial charge in [0.25, 0.3) is 0 Å². The van der Waals surface area contributed by atoms with Gasteiger partial charge in [-0.2, -0.15) is 0 Å². The Bertz CT molecular complexity index is 2170. The number of aliphatic hydroxyl groups is 2. The number of hydrogen-bond acceptors (Lipinski definition) is 20. The highest BCUT2D eigenvalue weighted by Crippen LogP contribution is 2.40. The molecular formula is C59H92N2O18. The van der Waals surface area contributed by atoms with Gasteiger partial charge in [0.05, 0.1) is 36.9 Å². The molecule has 2 aromatic carbocycles. The zero-order chi connectivity index (χ0) is 58.0. The molecular weight excluding hydrogens is 1020 g/mol. The molecule has 3 aliphatic heterocycles. The lowest BCUT2D eigenvalue weighted by Crippen LogP contribution is -2.66. The molecule has 3 aliphatic rings. The zero-order valence-corrected chi connectivity index (χ0v) is 48.9. The molecule has 20 heteroatoms. The number of ether oxygens (including phenoxy) is 12. The van der Waals surface area contributed by atoms with Gasteiger partial charge in [0.1, 0.15) is 42.9 Å². The third-order valence-electron chi connectivity index (χ3n) is 15.3. The molecule has 79 heavy (non-hydrogen) atoms. The highest BCUT2D eigenvalue weighted by Gasteiger charge is 2.55. The second kappa shape index (κ2) is 31.8. The van der Waals surface area contributed by atoms with Crippen molar-refractivity contribution in [2.45, 2.75) is 211 Å². The smallest absolute Gasteiger partial charge is 0.309 e. The summed E-state index contributed by atoms with van der Waals surface area (Å²) in [7, 11) is 8.01. The fourth-order valence-corrected chi connectivity index (χ4v) is 11.1.